The number of carbonyl (C=O) groups excluding carboxylic acids is 1. The van der Waals surface area contributed by atoms with Gasteiger partial charge in [0.2, 0.25) is 0 Å². The van der Waals surface area contributed by atoms with Crippen molar-refractivity contribution in [2.24, 2.45) is 4.99 Å². The van der Waals surface area contributed by atoms with E-state index in [-0.39, 0.29) is 5.69 Å². The Bertz CT molecular complexity index is 514. The number of nitro groups is 1. The maximum absolute atomic E-state index is 11.5. The first-order chi connectivity index (χ1) is 8.65. The highest BCUT2D eigenvalue weighted by atomic mass is 16.6. The first kappa shape index (κ1) is 12.0. The Labute approximate surface area is 102 Å². The lowest BCUT2D eigenvalue weighted by Crippen LogP contribution is -2.25. The van der Waals surface area contributed by atoms with E-state index >= 15 is 0 Å². The van der Waals surface area contributed by atoms with Gasteiger partial charge in [-0.2, -0.15) is 0 Å². The van der Waals surface area contributed by atoms with Gasteiger partial charge in [-0.3, -0.25) is 10.1 Å². The molecule has 0 N–H and O–H groups in total. The number of rotatable bonds is 3. The second-order valence-electron chi connectivity index (χ2n) is 3.60. The van der Waals surface area contributed by atoms with Crippen LogP contribution in [0, 0.1) is 10.1 Å². The van der Waals surface area contributed by atoms with E-state index in [9.17, 15) is 14.9 Å². The Kier molecular flexibility index (Phi) is 3.22. The van der Waals surface area contributed by atoms with Crippen LogP contribution < -0.4 is 0 Å². The molecule has 0 saturated carbocycles. The molecule has 0 bridgehead atoms. The topological polar surface area (TPSA) is 91.0 Å². The smallest absolute Gasteiger partial charge is 0.335 e. The summed E-state index contributed by atoms with van der Waals surface area (Å²) in [6, 6.07) is 5.16. The molecule has 0 spiro atoms. The first-order valence-corrected chi connectivity index (χ1v) is 5.13. The average molecular weight is 250 g/mol. The number of nitro benzene ring substituents is 1. The molecule has 7 nitrogen and oxygen atoms in total. The van der Waals surface area contributed by atoms with Crippen LogP contribution in [0.25, 0.3) is 0 Å². The minimum absolute atomic E-state index is 0.109. The van der Waals surface area contributed by atoms with Crippen LogP contribution in [-0.2, 0) is 14.3 Å². The van der Waals surface area contributed by atoms with Crippen LogP contribution in [0.2, 0.25) is 0 Å². The summed E-state index contributed by atoms with van der Waals surface area (Å²) in [7, 11) is 1.23. The fourth-order valence-corrected chi connectivity index (χ4v) is 1.76. The highest BCUT2D eigenvalue weighted by molar-refractivity contribution is 5.80. The zero-order valence-electron chi connectivity index (χ0n) is 9.48. The van der Waals surface area contributed by atoms with Crippen molar-refractivity contribution in [2.45, 2.75) is 12.1 Å². The van der Waals surface area contributed by atoms with Crippen LogP contribution in [0.1, 0.15) is 11.7 Å². The molecule has 94 valence electrons. The van der Waals surface area contributed by atoms with E-state index in [1.807, 2.05) is 0 Å². The molecule has 1 aliphatic rings. The van der Waals surface area contributed by atoms with E-state index < -0.39 is 23.0 Å². The molecule has 1 aromatic rings. The number of carbonyl (C=O) groups is 1. The average Bonchev–Trinajstić information content (AvgIpc) is 2.86. The lowest BCUT2D eigenvalue weighted by atomic mass is 10.0. The van der Waals surface area contributed by atoms with Gasteiger partial charge in [0.05, 0.1) is 17.6 Å². The summed E-state index contributed by atoms with van der Waals surface area (Å²) < 4.78 is 9.75. The van der Waals surface area contributed by atoms with Gasteiger partial charge in [-0.1, -0.05) is 12.1 Å². The molecule has 1 aromatic carbocycles. The van der Waals surface area contributed by atoms with Crippen LogP contribution in [0.5, 0.6) is 0 Å². The molecule has 0 unspecified atom stereocenters. The number of hydrogen-bond donors (Lipinski definition) is 0. The van der Waals surface area contributed by atoms with Gasteiger partial charge in [0.1, 0.15) is 0 Å². The van der Waals surface area contributed by atoms with E-state index in [2.05, 4.69) is 9.73 Å². The molecule has 1 heterocycles. The summed E-state index contributed by atoms with van der Waals surface area (Å²) >= 11 is 0. The Balaban J connectivity index is 2.37. The first-order valence-electron chi connectivity index (χ1n) is 5.13. The van der Waals surface area contributed by atoms with Crippen LogP contribution in [0.3, 0.4) is 0 Å². The van der Waals surface area contributed by atoms with Crippen molar-refractivity contribution >= 4 is 18.1 Å². The van der Waals surface area contributed by atoms with Gasteiger partial charge in [-0.05, 0) is 6.07 Å². The fourth-order valence-electron chi connectivity index (χ4n) is 1.76. The van der Waals surface area contributed by atoms with Crippen molar-refractivity contribution in [3.05, 3.63) is 39.9 Å². The second-order valence-corrected chi connectivity index (χ2v) is 3.60. The van der Waals surface area contributed by atoms with Crippen molar-refractivity contribution in [2.75, 3.05) is 7.11 Å². The van der Waals surface area contributed by atoms with E-state index in [0.29, 0.717) is 5.56 Å². The normalized spacial score (nSPS) is 21.4. The molecule has 2 rings (SSSR count). The van der Waals surface area contributed by atoms with Gasteiger partial charge in [0, 0.05) is 6.07 Å². The lowest BCUT2D eigenvalue weighted by Gasteiger charge is -2.15. The van der Waals surface area contributed by atoms with Crippen LogP contribution in [0.15, 0.2) is 29.3 Å². The molecular weight excluding hydrogens is 240 g/mol. The van der Waals surface area contributed by atoms with Crippen LogP contribution >= 0.6 is 0 Å². The van der Waals surface area contributed by atoms with Crippen molar-refractivity contribution < 1.29 is 19.2 Å². The van der Waals surface area contributed by atoms with Gasteiger partial charge in [-0.15, -0.1) is 0 Å². The largest absolute Gasteiger partial charge is 0.472 e. The van der Waals surface area contributed by atoms with Crippen molar-refractivity contribution in [3.8, 4) is 0 Å². The van der Waals surface area contributed by atoms with Gasteiger partial charge in [-0.25, -0.2) is 9.79 Å². The lowest BCUT2D eigenvalue weighted by molar-refractivity contribution is -0.386. The van der Waals surface area contributed by atoms with Crippen LogP contribution in [-0.4, -0.2) is 30.4 Å². The molecule has 0 aliphatic carbocycles. The summed E-state index contributed by atoms with van der Waals surface area (Å²) in [5, 5.41) is 10.9. The summed E-state index contributed by atoms with van der Waals surface area (Å²) in [6.07, 6.45) is 0.294. The second kappa shape index (κ2) is 4.82. The van der Waals surface area contributed by atoms with E-state index in [4.69, 9.17) is 4.74 Å². The highest BCUT2D eigenvalue weighted by Gasteiger charge is 2.38. The predicted molar refractivity (Wildman–Crippen MR) is 61.2 cm³/mol. The standard InChI is InChI=1S/C11H10N2O5/c1-17-11(14)9-10(18-6-12-9)7-4-2-3-5-8(7)13(15)16/h2-6,9-10H,1H3/t9-,10-/m1/s1. The third-order valence-corrected chi connectivity index (χ3v) is 2.60. The summed E-state index contributed by atoms with van der Waals surface area (Å²) in [6.45, 7) is 0. The molecular formula is C11H10N2O5. The third-order valence-electron chi connectivity index (χ3n) is 2.60. The number of aliphatic imine (C=N–C) groups is 1. The number of methoxy groups -OCH3 is 1. The molecule has 1 aliphatic heterocycles. The molecule has 7 heteroatoms. The molecule has 0 radical (unpaired) electrons. The molecule has 18 heavy (non-hydrogen) atoms. The summed E-state index contributed by atoms with van der Waals surface area (Å²) in [5.74, 6) is -0.591. The Morgan fingerprint density at radius 3 is 2.89 bits per heavy atom. The van der Waals surface area contributed by atoms with E-state index in [1.165, 1.54) is 19.2 Å². The summed E-state index contributed by atoms with van der Waals surface area (Å²) in [5.41, 5.74) is 0.192. The zero-order chi connectivity index (χ0) is 13.1. The summed E-state index contributed by atoms with van der Waals surface area (Å²) in [4.78, 5) is 25.7. The van der Waals surface area contributed by atoms with Gasteiger partial charge in [0.25, 0.3) is 5.69 Å². The van der Waals surface area contributed by atoms with Crippen molar-refractivity contribution in [1.29, 1.82) is 0 Å². The quantitative estimate of drug-likeness (QED) is 0.457. The van der Waals surface area contributed by atoms with E-state index in [1.54, 1.807) is 12.1 Å². The zero-order valence-corrected chi connectivity index (χ0v) is 9.48. The van der Waals surface area contributed by atoms with Crippen molar-refractivity contribution in [3.63, 3.8) is 0 Å². The monoisotopic (exact) mass is 250 g/mol. The molecule has 2 atom stereocenters. The highest BCUT2D eigenvalue weighted by Crippen LogP contribution is 2.33. The molecule has 0 fully saturated rings. The van der Waals surface area contributed by atoms with Crippen molar-refractivity contribution in [1.82, 2.24) is 0 Å². The number of benzene rings is 1. The Morgan fingerprint density at radius 2 is 2.22 bits per heavy atom. The van der Waals surface area contributed by atoms with Crippen LogP contribution in [0.4, 0.5) is 5.69 Å². The van der Waals surface area contributed by atoms with E-state index in [0.717, 1.165) is 6.40 Å². The minimum Gasteiger partial charge on any atom is -0.472 e. The number of esters is 1. The van der Waals surface area contributed by atoms with Gasteiger partial charge < -0.3 is 9.47 Å². The number of nitrogens with zero attached hydrogens (tertiary/aromatic N) is 2. The molecule has 0 amide bonds. The number of ether oxygens (including phenoxy) is 2. The maximum atomic E-state index is 11.5. The SMILES string of the molecule is COC(=O)[C@@H]1N=CO[C@@H]1c1ccccc1[N+](=O)[O-]. The maximum Gasteiger partial charge on any atom is 0.335 e. The van der Waals surface area contributed by atoms with Gasteiger partial charge >= 0.3 is 5.97 Å². The predicted octanol–water partition coefficient (Wildman–Crippen LogP) is 1.24. The third kappa shape index (κ3) is 2.02. The number of para-hydroxylation sites is 1. The van der Waals surface area contributed by atoms with Gasteiger partial charge in [0.15, 0.2) is 18.5 Å². The molecule has 0 aromatic heterocycles. The minimum atomic E-state index is -0.906. The molecule has 0 saturated heterocycles. The Morgan fingerprint density at radius 1 is 1.50 bits per heavy atom. The Hall–Kier alpha value is -2.44. The fraction of sp³-hybridized carbons (Fsp3) is 0.273. The number of hydrogen-bond acceptors (Lipinski definition) is 6.